The standard InChI is InChI=1S/C24H24ClN5O/c1-15-7-9-16(10-8-15)13-22-28-24-27-19-6-4-3-5-18(19)23(30(24)29-22)26-20-14-17(25)11-12-21(20)31-2/h7-12,14,26H,3-6,13H2,1-2H3. The van der Waals surface area contributed by atoms with Crippen LogP contribution in [0.2, 0.25) is 5.02 Å². The van der Waals surface area contributed by atoms with Crippen molar-refractivity contribution in [3.05, 3.63) is 75.7 Å². The Morgan fingerprint density at radius 3 is 2.68 bits per heavy atom. The summed E-state index contributed by atoms with van der Waals surface area (Å²) >= 11 is 6.26. The lowest BCUT2D eigenvalue weighted by atomic mass is 9.96. The van der Waals surface area contributed by atoms with Crippen molar-refractivity contribution in [1.29, 1.82) is 0 Å². The lowest BCUT2D eigenvalue weighted by Crippen LogP contribution is -2.14. The van der Waals surface area contributed by atoms with Gasteiger partial charge >= 0.3 is 0 Å². The van der Waals surface area contributed by atoms with Gasteiger partial charge in [0.05, 0.1) is 18.5 Å². The Kier molecular flexibility index (Phi) is 5.24. The van der Waals surface area contributed by atoms with Crippen LogP contribution in [0.1, 0.15) is 41.1 Å². The molecular weight excluding hydrogens is 410 g/mol. The van der Waals surface area contributed by atoms with Gasteiger partial charge in [0, 0.05) is 17.0 Å². The predicted molar refractivity (Wildman–Crippen MR) is 123 cm³/mol. The molecule has 0 unspecified atom stereocenters. The van der Waals surface area contributed by atoms with Crippen molar-refractivity contribution in [2.24, 2.45) is 0 Å². The van der Waals surface area contributed by atoms with Crippen molar-refractivity contribution in [3.8, 4) is 5.75 Å². The van der Waals surface area contributed by atoms with Crippen LogP contribution < -0.4 is 10.1 Å². The van der Waals surface area contributed by atoms with E-state index < -0.39 is 0 Å². The van der Waals surface area contributed by atoms with E-state index in [1.54, 1.807) is 7.11 Å². The van der Waals surface area contributed by atoms with E-state index in [0.29, 0.717) is 17.2 Å². The number of aryl methyl sites for hydroxylation is 2. The summed E-state index contributed by atoms with van der Waals surface area (Å²) in [5.74, 6) is 2.98. The third kappa shape index (κ3) is 3.95. The molecule has 0 spiro atoms. The smallest absolute Gasteiger partial charge is 0.254 e. The van der Waals surface area contributed by atoms with Crippen LogP contribution in [0.3, 0.4) is 0 Å². The monoisotopic (exact) mass is 433 g/mol. The molecule has 0 amide bonds. The molecule has 1 N–H and O–H groups in total. The van der Waals surface area contributed by atoms with Gasteiger partial charge in [0.1, 0.15) is 11.6 Å². The van der Waals surface area contributed by atoms with E-state index in [4.69, 9.17) is 31.4 Å². The molecule has 1 aliphatic carbocycles. The van der Waals surface area contributed by atoms with Crippen LogP contribution >= 0.6 is 11.6 Å². The predicted octanol–water partition coefficient (Wildman–Crippen LogP) is 5.31. The Bertz CT molecular complexity index is 1250. The maximum Gasteiger partial charge on any atom is 0.254 e. The molecule has 2 heterocycles. The number of hydrogen-bond acceptors (Lipinski definition) is 5. The molecule has 0 saturated heterocycles. The van der Waals surface area contributed by atoms with Gasteiger partial charge in [-0.05, 0) is 56.4 Å². The van der Waals surface area contributed by atoms with E-state index in [1.165, 1.54) is 16.7 Å². The van der Waals surface area contributed by atoms with E-state index >= 15 is 0 Å². The third-order valence-electron chi connectivity index (χ3n) is 5.70. The number of nitrogens with zero attached hydrogens (tertiary/aromatic N) is 4. The third-order valence-corrected chi connectivity index (χ3v) is 5.94. The molecule has 0 aliphatic heterocycles. The van der Waals surface area contributed by atoms with Crippen LogP contribution in [-0.4, -0.2) is 26.7 Å². The first-order valence-electron chi connectivity index (χ1n) is 10.5. The van der Waals surface area contributed by atoms with Crippen molar-refractivity contribution in [1.82, 2.24) is 19.6 Å². The zero-order valence-electron chi connectivity index (χ0n) is 17.7. The molecule has 2 aromatic heterocycles. The molecule has 5 rings (SSSR count). The van der Waals surface area contributed by atoms with E-state index in [0.717, 1.165) is 54.5 Å². The second-order valence-electron chi connectivity index (χ2n) is 7.96. The van der Waals surface area contributed by atoms with Gasteiger partial charge in [-0.15, -0.1) is 5.10 Å². The van der Waals surface area contributed by atoms with Gasteiger partial charge in [-0.3, -0.25) is 0 Å². The molecule has 0 radical (unpaired) electrons. The Hall–Kier alpha value is -3.12. The number of anilines is 2. The van der Waals surface area contributed by atoms with Gasteiger partial charge < -0.3 is 10.1 Å². The second-order valence-corrected chi connectivity index (χ2v) is 8.40. The number of nitrogens with one attached hydrogen (secondary N) is 1. The van der Waals surface area contributed by atoms with Gasteiger partial charge in [-0.2, -0.15) is 9.50 Å². The number of hydrogen-bond donors (Lipinski definition) is 1. The minimum absolute atomic E-state index is 0.617. The Labute approximate surface area is 186 Å². The minimum Gasteiger partial charge on any atom is -0.495 e. The summed E-state index contributed by atoms with van der Waals surface area (Å²) < 4.78 is 7.37. The van der Waals surface area contributed by atoms with Crippen LogP contribution in [0.25, 0.3) is 5.78 Å². The number of fused-ring (bicyclic) bond motifs is 2. The Balaban J connectivity index is 1.60. The molecule has 0 saturated carbocycles. The SMILES string of the molecule is COc1ccc(Cl)cc1Nc1c2c(nc3nc(Cc4ccc(C)cc4)nn13)CCCC2. The highest BCUT2D eigenvalue weighted by molar-refractivity contribution is 6.31. The fourth-order valence-electron chi connectivity index (χ4n) is 4.08. The molecule has 31 heavy (non-hydrogen) atoms. The number of ether oxygens (including phenoxy) is 1. The summed E-state index contributed by atoms with van der Waals surface area (Å²) in [6.07, 6.45) is 4.84. The number of halogens is 1. The van der Waals surface area contributed by atoms with Crippen molar-refractivity contribution >= 4 is 28.9 Å². The zero-order chi connectivity index (χ0) is 21.4. The average molecular weight is 434 g/mol. The van der Waals surface area contributed by atoms with Crippen LogP contribution in [0.5, 0.6) is 5.75 Å². The maximum absolute atomic E-state index is 6.26. The number of rotatable bonds is 5. The Morgan fingerprint density at radius 2 is 1.87 bits per heavy atom. The molecule has 158 valence electrons. The first-order chi connectivity index (χ1) is 15.1. The van der Waals surface area contributed by atoms with E-state index in [9.17, 15) is 0 Å². The van der Waals surface area contributed by atoms with Crippen LogP contribution in [0, 0.1) is 6.92 Å². The summed E-state index contributed by atoms with van der Waals surface area (Å²) in [5, 5.41) is 8.99. The highest BCUT2D eigenvalue weighted by Gasteiger charge is 2.22. The highest BCUT2D eigenvalue weighted by Crippen LogP contribution is 2.34. The number of methoxy groups -OCH3 is 1. The van der Waals surface area contributed by atoms with Crippen molar-refractivity contribution in [3.63, 3.8) is 0 Å². The molecule has 2 aromatic carbocycles. The first-order valence-corrected chi connectivity index (χ1v) is 10.9. The van der Waals surface area contributed by atoms with Crippen LogP contribution in [-0.2, 0) is 19.3 Å². The molecule has 4 aromatic rings. The van der Waals surface area contributed by atoms with Gasteiger partial charge in [0.25, 0.3) is 5.78 Å². The summed E-state index contributed by atoms with van der Waals surface area (Å²) in [4.78, 5) is 9.59. The van der Waals surface area contributed by atoms with E-state index in [-0.39, 0.29) is 0 Å². The zero-order valence-corrected chi connectivity index (χ0v) is 18.4. The van der Waals surface area contributed by atoms with Crippen molar-refractivity contribution < 1.29 is 4.74 Å². The van der Waals surface area contributed by atoms with Gasteiger partial charge in [0.15, 0.2) is 5.82 Å². The molecule has 0 fully saturated rings. The lowest BCUT2D eigenvalue weighted by molar-refractivity contribution is 0.417. The molecule has 6 nitrogen and oxygen atoms in total. The normalized spacial score (nSPS) is 13.3. The number of benzene rings is 2. The molecule has 0 bridgehead atoms. The summed E-state index contributed by atoms with van der Waals surface area (Å²) in [5.41, 5.74) is 5.50. The summed E-state index contributed by atoms with van der Waals surface area (Å²) in [6, 6.07) is 14.0. The molecular formula is C24H24ClN5O. The fraction of sp³-hybridized carbons (Fsp3) is 0.292. The average Bonchev–Trinajstić information content (AvgIpc) is 3.17. The number of aromatic nitrogens is 4. The first kappa shape index (κ1) is 19.8. The minimum atomic E-state index is 0.617. The molecule has 7 heteroatoms. The van der Waals surface area contributed by atoms with E-state index in [1.807, 2.05) is 22.7 Å². The van der Waals surface area contributed by atoms with Crippen LogP contribution in [0.4, 0.5) is 11.5 Å². The highest BCUT2D eigenvalue weighted by atomic mass is 35.5. The quantitative estimate of drug-likeness (QED) is 0.462. The maximum atomic E-state index is 6.26. The summed E-state index contributed by atoms with van der Waals surface area (Å²) in [7, 11) is 1.65. The van der Waals surface area contributed by atoms with Crippen molar-refractivity contribution in [2.45, 2.75) is 39.0 Å². The largest absolute Gasteiger partial charge is 0.495 e. The van der Waals surface area contributed by atoms with Crippen molar-refractivity contribution in [2.75, 3.05) is 12.4 Å². The second kappa shape index (κ2) is 8.19. The Morgan fingerprint density at radius 1 is 1.06 bits per heavy atom. The topological polar surface area (TPSA) is 64.3 Å². The lowest BCUT2D eigenvalue weighted by Gasteiger charge is -2.20. The molecule has 1 aliphatic rings. The van der Waals surface area contributed by atoms with Gasteiger partial charge in [-0.1, -0.05) is 41.4 Å². The fourth-order valence-corrected chi connectivity index (χ4v) is 4.25. The van der Waals surface area contributed by atoms with E-state index in [2.05, 4.69) is 36.5 Å². The van der Waals surface area contributed by atoms with Gasteiger partial charge in [-0.25, -0.2) is 4.98 Å². The summed E-state index contributed by atoms with van der Waals surface area (Å²) in [6.45, 7) is 2.09. The molecule has 0 atom stereocenters. The van der Waals surface area contributed by atoms with Gasteiger partial charge in [0.2, 0.25) is 0 Å². The van der Waals surface area contributed by atoms with Crippen LogP contribution in [0.15, 0.2) is 42.5 Å².